The molecule has 3 rings (SSSR count). The van der Waals surface area contributed by atoms with Gasteiger partial charge in [0.15, 0.2) is 5.75 Å². The molecule has 3 unspecified atom stereocenters. The SMILES string of the molecule is FC(F)Oc1c(Br)cc(Cl)cc1NC1CC2CCC1C2. The van der Waals surface area contributed by atoms with Crippen molar-refractivity contribution in [1.82, 2.24) is 0 Å². The molecule has 0 aromatic heterocycles. The molecule has 0 spiro atoms. The zero-order valence-corrected chi connectivity index (χ0v) is 13.1. The predicted molar refractivity (Wildman–Crippen MR) is 78.6 cm³/mol. The highest BCUT2D eigenvalue weighted by molar-refractivity contribution is 9.10. The smallest absolute Gasteiger partial charge is 0.387 e. The minimum Gasteiger partial charge on any atom is -0.431 e. The van der Waals surface area contributed by atoms with Gasteiger partial charge in [0.2, 0.25) is 0 Å². The van der Waals surface area contributed by atoms with E-state index in [1.807, 2.05) is 0 Å². The number of halogens is 4. The molecule has 1 N–H and O–H groups in total. The summed E-state index contributed by atoms with van der Waals surface area (Å²) in [7, 11) is 0. The van der Waals surface area contributed by atoms with Crippen LogP contribution in [-0.2, 0) is 0 Å². The monoisotopic (exact) mass is 365 g/mol. The maximum atomic E-state index is 12.5. The van der Waals surface area contributed by atoms with Crippen LogP contribution in [0.25, 0.3) is 0 Å². The highest BCUT2D eigenvalue weighted by Crippen LogP contribution is 2.47. The third-order valence-electron chi connectivity index (χ3n) is 4.29. The van der Waals surface area contributed by atoms with E-state index in [2.05, 4.69) is 26.0 Å². The van der Waals surface area contributed by atoms with Gasteiger partial charge in [-0.15, -0.1) is 0 Å². The Hall–Kier alpha value is -0.550. The van der Waals surface area contributed by atoms with E-state index in [1.165, 1.54) is 19.3 Å². The van der Waals surface area contributed by atoms with Crippen LogP contribution in [0.15, 0.2) is 16.6 Å². The second-order valence-corrected chi connectivity index (χ2v) is 6.86. The highest BCUT2D eigenvalue weighted by atomic mass is 79.9. The van der Waals surface area contributed by atoms with Crippen molar-refractivity contribution >= 4 is 33.2 Å². The number of alkyl halides is 2. The fourth-order valence-corrected chi connectivity index (χ4v) is 4.40. The molecule has 6 heteroatoms. The van der Waals surface area contributed by atoms with Gasteiger partial charge in [-0.25, -0.2) is 0 Å². The summed E-state index contributed by atoms with van der Waals surface area (Å²) in [5.41, 5.74) is 0.544. The first-order chi connectivity index (χ1) is 9.52. The minimum absolute atomic E-state index is 0.132. The maximum absolute atomic E-state index is 12.5. The van der Waals surface area contributed by atoms with Crippen molar-refractivity contribution < 1.29 is 13.5 Å². The normalized spacial score (nSPS) is 28.1. The molecule has 1 aromatic rings. The molecule has 3 atom stereocenters. The summed E-state index contributed by atoms with van der Waals surface area (Å²) in [5.74, 6) is 1.55. The Morgan fingerprint density at radius 3 is 2.70 bits per heavy atom. The van der Waals surface area contributed by atoms with Crippen molar-refractivity contribution in [3.8, 4) is 5.75 Å². The summed E-state index contributed by atoms with van der Waals surface area (Å²) in [6, 6.07) is 3.54. The molecule has 2 aliphatic rings. The summed E-state index contributed by atoms with van der Waals surface area (Å²) in [6.07, 6.45) is 4.85. The lowest BCUT2D eigenvalue weighted by atomic mass is 9.95. The number of anilines is 1. The lowest BCUT2D eigenvalue weighted by Gasteiger charge is -2.25. The first-order valence-electron chi connectivity index (χ1n) is 6.73. The van der Waals surface area contributed by atoms with Gasteiger partial charge in [-0.1, -0.05) is 18.0 Å². The first-order valence-corrected chi connectivity index (χ1v) is 7.90. The molecule has 0 aliphatic heterocycles. The molecule has 20 heavy (non-hydrogen) atoms. The molecule has 2 bridgehead atoms. The van der Waals surface area contributed by atoms with Gasteiger partial charge in [0, 0.05) is 11.1 Å². The zero-order valence-electron chi connectivity index (χ0n) is 10.7. The summed E-state index contributed by atoms with van der Waals surface area (Å²) in [4.78, 5) is 0. The molecule has 110 valence electrons. The standard InChI is InChI=1S/C14H15BrClF2NO/c15-10-5-9(16)6-12(13(10)20-14(17)18)19-11-4-7-1-2-8(11)3-7/h5-8,11,14,19H,1-4H2. The Labute approximate surface area is 130 Å². The van der Waals surface area contributed by atoms with E-state index in [0.717, 1.165) is 12.3 Å². The number of hydrogen-bond acceptors (Lipinski definition) is 2. The molecular weight excluding hydrogens is 352 g/mol. The molecule has 2 nitrogen and oxygen atoms in total. The van der Waals surface area contributed by atoms with Crippen LogP contribution < -0.4 is 10.1 Å². The minimum atomic E-state index is -2.85. The number of benzene rings is 1. The second kappa shape index (κ2) is 5.68. The summed E-state index contributed by atoms with van der Waals surface area (Å²) >= 11 is 9.24. The average Bonchev–Trinajstić information content (AvgIpc) is 2.95. The number of ether oxygens (including phenoxy) is 1. The number of nitrogens with one attached hydrogen (secondary N) is 1. The Balaban J connectivity index is 1.83. The molecule has 0 saturated heterocycles. The molecule has 0 amide bonds. The Morgan fingerprint density at radius 1 is 1.30 bits per heavy atom. The molecular formula is C14H15BrClF2NO. The fraction of sp³-hybridized carbons (Fsp3) is 0.571. The number of rotatable bonds is 4. The quantitative estimate of drug-likeness (QED) is 0.780. The van der Waals surface area contributed by atoms with Crippen LogP contribution >= 0.6 is 27.5 Å². The van der Waals surface area contributed by atoms with Gasteiger partial charge in [0.25, 0.3) is 0 Å². The van der Waals surface area contributed by atoms with Crippen molar-refractivity contribution in [3.63, 3.8) is 0 Å². The van der Waals surface area contributed by atoms with E-state index < -0.39 is 6.61 Å². The van der Waals surface area contributed by atoms with Crippen LogP contribution in [0, 0.1) is 11.8 Å². The molecule has 0 heterocycles. The van der Waals surface area contributed by atoms with Crippen molar-refractivity contribution in [3.05, 3.63) is 21.6 Å². The van der Waals surface area contributed by atoms with Gasteiger partial charge >= 0.3 is 6.61 Å². The van der Waals surface area contributed by atoms with Gasteiger partial charge in [0.05, 0.1) is 10.2 Å². The van der Waals surface area contributed by atoms with E-state index in [4.69, 9.17) is 11.6 Å². The second-order valence-electron chi connectivity index (χ2n) is 5.57. The van der Waals surface area contributed by atoms with Crippen LogP contribution in [0.3, 0.4) is 0 Å². The molecule has 0 radical (unpaired) electrons. The molecule has 2 aliphatic carbocycles. The van der Waals surface area contributed by atoms with Gasteiger partial charge in [-0.3, -0.25) is 0 Å². The Bertz CT molecular complexity index is 514. The van der Waals surface area contributed by atoms with E-state index >= 15 is 0 Å². The maximum Gasteiger partial charge on any atom is 0.387 e. The predicted octanol–water partition coefficient (Wildman–Crippen LogP) is 5.30. The molecule has 1 aromatic carbocycles. The lowest BCUT2D eigenvalue weighted by molar-refractivity contribution is -0.0499. The number of fused-ring (bicyclic) bond motifs is 2. The summed E-state index contributed by atoms with van der Waals surface area (Å²) < 4.78 is 30.1. The van der Waals surface area contributed by atoms with Crippen LogP contribution in [0.4, 0.5) is 14.5 Å². The Kier molecular flexibility index (Phi) is 4.09. The zero-order chi connectivity index (χ0) is 14.3. The van der Waals surface area contributed by atoms with Crippen molar-refractivity contribution in [2.75, 3.05) is 5.32 Å². The molecule has 2 saturated carbocycles. The largest absolute Gasteiger partial charge is 0.431 e. The fourth-order valence-electron chi connectivity index (χ4n) is 3.50. The topological polar surface area (TPSA) is 21.3 Å². The van der Waals surface area contributed by atoms with E-state index in [-0.39, 0.29) is 5.75 Å². The summed E-state index contributed by atoms with van der Waals surface area (Å²) in [5, 5.41) is 3.85. The van der Waals surface area contributed by atoms with E-state index in [9.17, 15) is 8.78 Å². The van der Waals surface area contributed by atoms with Crippen LogP contribution in [0.2, 0.25) is 5.02 Å². The summed E-state index contributed by atoms with van der Waals surface area (Å²) in [6.45, 7) is -2.85. The first kappa shape index (κ1) is 14.4. The van der Waals surface area contributed by atoms with E-state index in [1.54, 1.807) is 12.1 Å². The highest BCUT2D eigenvalue weighted by Gasteiger charge is 2.39. The van der Waals surface area contributed by atoms with Gasteiger partial charge in [-0.05, 0) is 59.2 Å². The Morgan fingerprint density at radius 2 is 2.10 bits per heavy atom. The third-order valence-corrected chi connectivity index (χ3v) is 5.10. The molecule has 2 fully saturated rings. The van der Waals surface area contributed by atoms with Crippen molar-refractivity contribution in [2.45, 2.75) is 38.3 Å². The average molecular weight is 367 g/mol. The van der Waals surface area contributed by atoms with Crippen molar-refractivity contribution in [1.29, 1.82) is 0 Å². The number of hydrogen-bond donors (Lipinski definition) is 1. The third kappa shape index (κ3) is 2.89. The van der Waals surface area contributed by atoms with E-state index in [0.29, 0.717) is 27.1 Å². The van der Waals surface area contributed by atoms with Crippen molar-refractivity contribution in [2.24, 2.45) is 11.8 Å². The van der Waals surface area contributed by atoms with Gasteiger partial charge in [-0.2, -0.15) is 8.78 Å². The lowest BCUT2D eigenvalue weighted by Crippen LogP contribution is -2.26. The van der Waals surface area contributed by atoms with Crippen LogP contribution in [-0.4, -0.2) is 12.7 Å². The van der Waals surface area contributed by atoms with Gasteiger partial charge < -0.3 is 10.1 Å². The van der Waals surface area contributed by atoms with Crippen LogP contribution in [0.5, 0.6) is 5.75 Å². The van der Waals surface area contributed by atoms with Gasteiger partial charge in [0.1, 0.15) is 0 Å². The van der Waals surface area contributed by atoms with Crippen LogP contribution in [0.1, 0.15) is 25.7 Å².